The highest BCUT2D eigenvalue weighted by Gasteiger charge is 2.17. The molecule has 1 aromatic carbocycles. The zero-order chi connectivity index (χ0) is 15.3. The Kier molecular flexibility index (Phi) is 5.13. The summed E-state index contributed by atoms with van der Waals surface area (Å²) in [5, 5.41) is 3.64. The lowest BCUT2D eigenvalue weighted by molar-refractivity contribution is 0.404. The smallest absolute Gasteiger partial charge is 0.0302 e. The van der Waals surface area contributed by atoms with Gasteiger partial charge in [-0.2, -0.15) is 0 Å². The van der Waals surface area contributed by atoms with Crippen molar-refractivity contribution in [1.29, 1.82) is 0 Å². The van der Waals surface area contributed by atoms with Crippen LogP contribution in [-0.2, 0) is 6.42 Å². The van der Waals surface area contributed by atoms with Crippen molar-refractivity contribution in [3.63, 3.8) is 0 Å². The van der Waals surface area contributed by atoms with Crippen molar-refractivity contribution < 1.29 is 0 Å². The van der Waals surface area contributed by atoms with Crippen molar-refractivity contribution in [3.8, 4) is 0 Å². The van der Waals surface area contributed by atoms with E-state index < -0.39 is 0 Å². The maximum absolute atomic E-state index is 4.28. The summed E-state index contributed by atoms with van der Waals surface area (Å²) < 4.78 is 0. The third-order valence-electron chi connectivity index (χ3n) is 3.76. The molecule has 2 nitrogen and oxygen atoms in total. The molecule has 2 aromatic rings. The summed E-state index contributed by atoms with van der Waals surface area (Å²) in [4.78, 5) is 4.28. The average molecular weight is 282 g/mol. The normalized spacial score (nSPS) is 13.1. The van der Waals surface area contributed by atoms with Gasteiger partial charge in [0.25, 0.3) is 0 Å². The zero-order valence-electron chi connectivity index (χ0n) is 13.6. The Balaban J connectivity index is 2.18. The highest BCUT2D eigenvalue weighted by atomic mass is 14.9. The molecule has 0 aliphatic carbocycles. The van der Waals surface area contributed by atoms with Crippen LogP contribution in [0.3, 0.4) is 0 Å². The molecule has 0 amide bonds. The molecule has 1 N–H and O–H groups in total. The molecule has 0 bridgehead atoms. The van der Waals surface area contributed by atoms with Gasteiger partial charge in [0.1, 0.15) is 0 Å². The van der Waals surface area contributed by atoms with Gasteiger partial charge >= 0.3 is 0 Å². The van der Waals surface area contributed by atoms with Crippen molar-refractivity contribution in [2.45, 2.75) is 45.6 Å². The predicted octanol–water partition coefficient (Wildman–Crippen LogP) is 4.10. The molecule has 2 rings (SSSR count). The number of hydrogen-bond acceptors (Lipinski definition) is 2. The Morgan fingerprint density at radius 3 is 2.43 bits per heavy atom. The maximum atomic E-state index is 4.28. The summed E-state index contributed by atoms with van der Waals surface area (Å²) in [6.07, 6.45) is 4.89. The molecule has 0 saturated carbocycles. The van der Waals surface area contributed by atoms with E-state index in [1.807, 2.05) is 12.4 Å². The lowest BCUT2D eigenvalue weighted by Crippen LogP contribution is -2.39. The molecule has 1 atom stereocenters. The van der Waals surface area contributed by atoms with Crippen molar-refractivity contribution in [3.05, 3.63) is 65.5 Å². The van der Waals surface area contributed by atoms with Gasteiger partial charge in [-0.05, 0) is 56.9 Å². The average Bonchev–Trinajstić information content (AvgIpc) is 2.45. The van der Waals surface area contributed by atoms with Gasteiger partial charge in [0, 0.05) is 30.4 Å². The second-order valence-corrected chi connectivity index (χ2v) is 6.74. The number of benzene rings is 1. The molecule has 0 radical (unpaired) electrons. The van der Waals surface area contributed by atoms with Crippen LogP contribution in [0.4, 0.5) is 0 Å². The Hall–Kier alpha value is -1.67. The molecular formula is C19H26N2. The second kappa shape index (κ2) is 6.86. The van der Waals surface area contributed by atoms with E-state index in [4.69, 9.17) is 0 Å². The monoisotopic (exact) mass is 282 g/mol. The lowest BCUT2D eigenvalue weighted by Gasteiger charge is -2.26. The Morgan fingerprint density at radius 1 is 1.10 bits per heavy atom. The van der Waals surface area contributed by atoms with Crippen LogP contribution < -0.4 is 5.32 Å². The van der Waals surface area contributed by atoms with E-state index in [9.17, 15) is 0 Å². The number of aromatic nitrogens is 1. The summed E-state index contributed by atoms with van der Waals surface area (Å²) in [6.45, 7) is 9.78. The number of aryl methyl sites for hydroxylation is 1. The molecule has 0 saturated heterocycles. The Bertz CT molecular complexity index is 555. The molecule has 0 aliphatic rings. The first-order valence-electron chi connectivity index (χ1n) is 7.65. The summed E-state index contributed by atoms with van der Waals surface area (Å²) >= 11 is 0. The molecule has 0 fully saturated rings. The minimum atomic E-state index is 0.136. The molecule has 0 spiro atoms. The minimum Gasteiger partial charge on any atom is -0.311 e. The van der Waals surface area contributed by atoms with E-state index in [0.717, 1.165) is 13.0 Å². The third-order valence-corrected chi connectivity index (χ3v) is 3.76. The first kappa shape index (κ1) is 15.7. The van der Waals surface area contributed by atoms with Crippen molar-refractivity contribution in [2.24, 2.45) is 0 Å². The quantitative estimate of drug-likeness (QED) is 0.893. The van der Waals surface area contributed by atoms with Crippen LogP contribution in [0.2, 0.25) is 0 Å². The molecule has 1 heterocycles. The van der Waals surface area contributed by atoms with Crippen molar-refractivity contribution in [1.82, 2.24) is 10.3 Å². The molecule has 1 aromatic heterocycles. The van der Waals surface area contributed by atoms with Gasteiger partial charge in [0.05, 0.1) is 0 Å². The van der Waals surface area contributed by atoms with Crippen molar-refractivity contribution in [2.75, 3.05) is 6.54 Å². The fourth-order valence-corrected chi connectivity index (χ4v) is 2.44. The van der Waals surface area contributed by atoms with Crippen LogP contribution in [0.25, 0.3) is 0 Å². The zero-order valence-corrected chi connectivity index (χ0v) is 13.6. The van der Waals surface area contributed by atoms with Gasteiger partial charge in [-0.15, -0.1) is 0 Å². The summed E-state index contributed by atoms with van der Waals surface area (Å²) in [5.41, 5.74) is 4.18. The molecule has 2 heteroatoms. The largest absolute Gasteiger partial charge is 0.311 e. The van der Waals surface area contributed by atoms with E-state index in [0.29, 0.717) is 5.92 Å². The fourth-order valence-electron chi connectivity index (χ4n) is 2.44. The lowest BCUT2D eigenvalue weighted by atomic mass is 9.90. The van der Waals surface area contributed by atoms with Crippen LogP contribution in [0, 0.1) is 6.92 Å². The van der Waals surface area contributed by atoms with Gasteiger partial charge in [-0.1, -0.05) is 30.3 Å². The van der Waals surface area contributed by atoms with Gasteiger partial charge in [0.2, 0.25) is 0 Å². The number of hydrogen-bond donors (Lipinski definition) is 1. The first-order chi connectivity index (χ1) is 9.96. The van der Waals surface area contributed by atoms with Crippen LogP contribution in [-0.4, -0.2) is 17.1 Å². The van der Waals surface area contributed by atoms with E-state index >= 15 is 0 Å². The van der Waals surface area contributed by atoms with Crippen LogP contribution in [0.1, 0.15) is 43.4 Å². The van der Waals surface area contributed by atoms with Crippen LogP contribution in [0.15, 0.2) is 48.8 Å². The molecule has 1 unspecified atom stereocenters. The number of nitrogens with one attached hydrogen (secondary N) is 1. The molecule has 21 heavy (non-hydrogen) atoms. The number of nitrogens with zero attached hydrogens (tertiary/aromatic N) is 1. The van der Waals surface area contributed by atoms with Gasteiger partial charge in [-0.25, -0.2) is 0 Å². The minimum absolute atomic E-state index is 0.136. The van der Waals surface area contributed by atoms with Crippen LogP contribution in [0.5, 0.6) is 0 Å². The standard InChI is InChI=1S/C19H26N2/c1-15-10-11-20-13-17(15)12-18(14-21-19(2,3)4)16-8-6-5-7-9-16/h5-11,13,18,21H,12,14H2,1-4H3. The van der Waals surface area contributed by atoms with Gasteiger partial charge in [0.15, 0.2) is 0 Å². The fraction of sp³-hybridized carbons (Fsp3) is 0.421. The topological polar surface area (TPSA) is 24.9 Å². The number of pyridine rings is 1. The van der Waals surface area contributed by atoms with Crippen LogP contribution >= 0.6 is 0 Å². The highest BCUT2D eigenvalue weighted by Crippen LogP contribution is 2.22. The summed E-state index contributed by atoms with van der Waals surface area (Å²) in [6, 6.07) is 12.9. The highest BCUT2D eigenvalue weighted by molar-refractivity contribution is 5.27. The Labute approximate surface area is 128 Å². The molecule has 0 aliphatic heterocycles. The van der Waals surface area contributed by atoms with E-state index in [1.54, 1.807) is 0 Å². The maximum Gasteiger partial charge on any atom is 0.0302 e. The summed E-state index contributed by atoms with van der Waals surface area (Å²) in [5.74, 6) is 0.466. The SMILES string of the molecule is Cc1ccncc1CC(CNC(C)(C)C)c1ccccc1. The van der Waals surface area contributed by atoms with Gasteiger partial charge < -0.3 is 5.32 Å². The van der Waals surface area contributed by atoms with Gasteiger partial charge in [-0.3, -0.25) is 4.98 Å². The molecular weight excluding hydrogens is 256 g/mol. The van der Waals surface area contributed by atoms with E-state index in [-0.39, 0.29) is 5.54 Å². The second-order valence-electron chi connectivity index (χ2n) is 6.74. The van der Waals surface area contributed by atoms with Crippen molar-refractivity contribution >= 4 is 0 Å². The predicted molar refractivity (Wildman–Crippen MR) is 89.6 cm³/mol. The number of rotatable bonds is 5. The van der Waals surface area contributed by atoms with E-state index in [1.165, 1.54) is 16.7 Å². The Morgan fingerprint density at radius 2 is 1.81 bits per heavy atom. The third kappa shape index (κ3) is 4.98. The first-order valence-corrected chi connectivity index (χ1v) is 7.65. The summed E-state index contributed by atoms with van der Waals surface area (Å²) in [7, 11) is 0. The molecule has 112 valence electrons. The van der Waals surface area contributed by atoms with E-state index in [2.05, 4.69) is 74.4 Å².